The maximum absolute atomic E-state index is 12.4. The van der Waals surface area contributed by atoms with Crippen LogP contribution in [0.4, 0.5) is 0 Å². The lowest BCUT2D eigenvalue weighted by atomic mass is 10.2. The van der Waals surface area contributed by atoms with Crippen molar-refractivity contribution < 1.29 is 13.2 Å². The number of hydrogen-bond donors (Lipinski definition) is 0. The van der Waals surface area contributed by atoms with Crippen LogP contribution in [0, 0.1) is 0 Å². The van der Waals surface area contributed by atoms with Gasteiger partial charge in [-0.15, -0.1) is 11.6 Å². The van der Waals surface area contributed by atoms with E-state index < -0.39 is 10.0 Å². The Morgan fingerprint density at radius 3 is 2.56 bits per heavy atom. The number of nitrogens with zero attached hydrogens (tertiary/aromatic N) is 1. The van der Waals surface area contributed by atoms with Gasteiger partial charge in [-0.2, -0.15) is 4.31 Å². The zero-order valence-corrected chi connectivity index (χ0v) is 11.9. The molecular weight excluding hydrogens is 297 g/mol. The van der Waals surface area contributed by atoms with E-state index in [0.29, 0.717) is 36.9 Å². The minimum atomic E-state index is -3.48. The maximum atomic E-state index is 12.4. The lowest BCUT2D eigenvalue weighted by Crippen LogP contribution is -2.40. The summed E-state index contributed by atoms with van der Waals surface area (Å²) < 4.78 is 31.3. The molecule has 0 atom stereocenters. The van der Waals surface area contributed by atoms with E-state index in [1.165, 1.54) is 16.4 Å². The quantitative estimate of drug-likeness (QED) is 0.803. The molecule has 1 aliphatic heterocycles. The number of benzene rings is 1. The molecule has 4 nitrogen and oxygen atoms in total. The second kappa shape index (κ2) is 5.75. The average molecular weight is 310 g/mol. The zero-order chi connectivity index (χ0) is 13.2. The van der Waals surface area contributed by atoms with Crippen molar-refractivity contribution in [2.45, 2.75) is 10.8 Å². The second-order valence-corrected chi connectivity index (χ2v) is 6.52. The number of morpholine rings is 1. The molecule has 1 heterocycles. The second-order valence-electron chi connectivity index (χ2n) is 3.90. The highest BCUT2D eigenvalue weighted by atomic mass is 35.5. The molecule has 0 radical (unpaired) electrons. The first-order chi connectivity index (χ1) is 8.55. The Labute approximate surface area is 116 Å². The van der Waals surface area contributed by atoms with Crippen LogP contribution in [0.5, 0.6) is 0 Å². The predicted octanol–water partition coefficient (Wildman–Crippen LogP) is 2.10. The third kappa shape index (κ3) is 2.81. The molecule has 0 N–H and O–H groups in total. The summed E-state index contributed by atoms with van der Waals surface area (Å²) in [4.78, 5) is 0.226. The van der Waals surface area contributed by atoms with Gasteiger partial charge in [0.25, 0.3) is 0 Å². The third-order valence-electron chi connectivity index (χ3n) is 2.77. The van der Waals surface area contributed by atoms with Crippen molar-refractivity contribution in [3.8, 4) is 0 Å². The summed E-state index contributed by atoms with van der Waals surface area (Å²) in [5.74, 6) is 0.186. The monoisotopic (exact) mass is 309 g/mol. The van der Waals surface area contributed by atoms with Gasteiger partial charge < -0.3 is 4.74 Å². The van der Waals surface area contributed by atoms with E-state index in [1.807, 2.05) is 0 Å². The van der Waals surface area contributed by atoms with Crippen LogP contribution in [-0.4, -0.2) is 39.0 Å². The molecule has 0 spiro atoms. The normalized spacial score (nSPS) is 17.9. The van der Waals surface area contributed by atoms with Gasteiger partial charge in [0.1, 0.15) is 0 Å². The van der Waals surface area contributed by atoms with Crippen LogP contribution >= 0.6 is 23.2 Å². The fourth-order valence-electron chi connectivity index (χ4n) is 1.75. The van der Waals surface area contributed by atoms with Gasteiger partial charge in [-0.25, -0.2) is 8.42 Å². The number of rotatable bonds is 3. The maximum Gasteiger partial charge on any atom is 0.243 e. The SMILES string of the molecule is O=S(=O)(c1ccc(Cl)c(CCl)c1)N1CCOCC1. The Kier molecular flexibility index (Phi) is 4.50. The van der Waals surface area contributed by atoms with Crippen molar-refractivity contribution in [1.82, 2.24) is 4.31 Å². The highest BCUT2D eigenvalue weighted by molar-refractivity contribution is 7.89. The zero-order valence-electron chi connectivity index (χ0n) is 9.60. The molecule has 100 valence electrons. The molecule has 0 aromatic heterocycles. The minimum Gasteiger partial charge on any atom is -0.379 e. The van der Waals surface area contributed by atoms with E-state index in [1.54, 1.807) is 6.07 Å². The van der Waals surface area contributed by atoms with Crippen LogP contribution in [-0.2, 0) is 20.6 Å². The molecule has 2 rings (SSSR count). The molecule has 1 aromatic carbocycles. The summed E-state index contributed by atoms with van der Waals surface area (Å²) in [6.45, 7) is 1.60. The molecule has 0 amide bonds. The number of sulfonamides is 1. The number of hydrogen-bond acceptors (Lipinski definition) is 3. The van der Waals surface area contributed by atoms with E-state index in [0.717, 1.165) is 0 Å². The summed E-state index contributed by atoms with van der Waals surface area (Å²) in [6, 6.07) is 4.59. The van der Waals surface area contributed by atoms with Gasteiger partial charge in [0.2, 0.25) is 10.0 Å². The first-order valence-corrected chi connectivity index (χ1v) is 7.83. The van der Waals surface area contributed by atoms with Crippen molar-refractivity contribution >= 4 is 33.2 Å². The van der Waals surface area contributed by atoms with Crippen molar-refractivity contribution in [3.63, 3.8) is 0 Å². The Hall–Kier alpha value is -0.330. The van der Waals surface area contributed by atoms with Crippen LogP contribution in [0.25, 0.3) is 0 Å². The molecule has 7 heteroatoms. The van der Waals surface area contributed by atoms with E-state index in [4.69, 9.17) is 27.9 Å². The summed E-state index contributed by atoms with van der Waals surface area (Å²) in [7, 11) is -3.48. The molecule has 0 saturated carbocycles. The molecule has 18 heavy (non-hydrogen) atoms. The number of ether oxygens (including phenoxy) is 1. The molecule has 1 aliphatic rings. The summed E-state index contributed by atoms with van der Waals surface area (Å²) >= 11 is 11.6. The topological polar surface area (TPSA) is 46.6 Å². The molecule has 0 bridgehead atoms. The van der Waals surface area contributed by atoms with Gasteiger partial charge in [-0.3, -0.25) is 0 Å². The first-order valence-electron chi connectivity index (χ1n) is 5.48. The van der Waals surface area contributed by atoms with E-state index in [2.05, 4.69) is 0 Å². The lowest BCUT2D eigenvalue weighted by Gasteiger charge is -2.26. The van der Waals surface area contributed by atoms with Gasteiger partial charge in [-0.1, -0.05) is 11.6 Å². The van der Waals surface area contributed by atoms with Crippen LogP contribution < -0.4 is 0 Å². The van der Waals surface area contributed by atoms with Gasteiger partial charge in [-0.05, 0) is 23.8 Å². The standard InChI is InChI=1S/C11H13Cl2NO3S/c12-8-9-7-10(1-2-11(9)13)18(15,16)14-3-5-17-6-4-14/h1-2,7H,3-6,8H2. The van der Waals surface area contributed by atoms with Crippen LogP contribution in [0.2, 0.25) is 5.02 Å². The van der Waals surface area contributed by atoms with Gasteiger partial charge in [0.05, 0.1) is 18.1 Å². The Morgan fingerprint density at radius 2 is 1.94 bits per heavy atom. The van der Waals surface area contributed by atoms with E-state index in [9.17, 15) is 8.42 Å². The highest BCUT2D eigenvalue weighted by Gasteiger charge is 2.26. The molecule has 0 aliphatic carbocycles. The van der Waals surface area contributed by atoms with Crippen LogP contribution in [0.15, 0.2) is 23.1 Å². The fourth-order valence-corrected chi connectivity index (χ4v) is 3.68. The van der Waals surface area contributed by atoms with Crippen molar-refractivity contribution in [2.24, 2.45) is 0 Å². The Balaban J connectivity index is 2.34. The Bertz CT molecular complexity index is 527. The van der Waals surface area contributed by atoms with E-state index >= 15 is 0 Å². The highest BCUT2D eigenvalue weighted by Crippen LogP contribution is 2.24. The number of alkyl halides is 1. The fraction of sp³-hybridized carbons (Fsp3) is 0.455. The van der Waals surface area contributed by atoms with E-state index in [-0.39, 0.29) is 10.8 Å². The average Bonchev–Trinajstić information content (AvgIpc) is 2.40. The number of halogens is 2. The van der Waals surface area contributed by atoms with Crippen LogP contribution in [0.1, 0.15) is 5.56 Å². The first kappa shape index (κ1) is 14.1. The summed E-state index contributed by atoms with van der Waals surface area (Å²) in [5, 5.41) is 0.478. The predicted molar refractivity (Wildman–Crippen MR) is 70.6 cm³/mol. The molecule has 1 aromatic rings. The third-order valence-corrected chi connectivity index (χ3v) is 5.32. The van der Waals surface area contributed by atoms with Crippen molar-refractivity contribution in [2.75, 3.05) is 26.3 Å². The molecular formula is C11H13Cl2NO3S. The van der Waals surface area contributed by atoms with Crippen molar-refractivity contribution in [1.29, 1.82) is 0 Å². The largest absolute Gasteiger partial charge is 0.379 e. The molecule has 1 saturated heterocycles. The van der Waals surface area contributed by atoms with Gasteiger partial charge >= 0.3 is 0 Å². The van der Waals surface area contributed by atoms with Gasteiger partial charge in [0, 0.05) is 24.0 Å². The lowest BCUT2D eigenvalue weighted by molar-refractivity contribution is 0.0730. The van der Waals surface area contributed by atoms with Crippen LogP contribution in [0.3, 0.4) is 0 Å². The van der Waals surface area contributed by atoms with Crippen molar-refractivity contribution in [3.05, 3.63) is 28.8 Å². The van der Waals surface area contributed by atoms with Gasteiger partial charge in [0.15, 0.2) is 0 Å². The smallest absolute Gasteiger partial charge is 0.243 e. The molecule has 1 fully saturated rings. The minimum absolute atomic E-state index is 0.186. The summed E-state index contributed by atoms with van der Waals surface area (Å²) in [6.07, 6.45) is 0. The Morgan fingerprint density at radius 1 is 1.28 bits per heavy atom. The molecule has 0 unspecified atom stereocenters. The summed E-state index contributed by atoms with van der Waals surface area (Å²) in [5.41, 5.74) is 0.618.